The lowest BCUT2D eigenvalue weighted by molar-refractivity contribution is 0.264. The van der Waals surface area contributed by atoms with Gasteiger partial charge in [-0.2, -0.15) is 0 Å². The van der Waals surface area contributed by atoms with Crippen molar-refractivity contribution in [1.29, 1.82) is 0 Å². The van der Waals surface area contributed by atoms with Gasteiger partial charge in [-0.3, -0.25) is 0 Å². The maximum atomic E-state index is 4.97. The lowest BCUT2D eigenvalue weighted by Gasteiger charge is -1.96. The lowest BCUT2D eigenvalue weighted by atomic mass is 10.3. The Morgan fingerprint density at radius 1 is 1.18 bits per heavy atom. The largest absolute Gasteiger partial charge is 0.497 e. The molecule has 0 unspecified atom stereocenters. The van der Waals surface area contributed by atoms with Crippen molar-refractivity contribution in [3.05, 3.63) is 24.3 Å². The van der Waals surface area contributed by atoms with Crippen LogP contribution in [0.1, 0.15) is 0 Å². The Labute approximate surface area is 62.8 Å². The minimum absolute atomic E-state index is 0.815. The van der Waals surface area contributed by atoms with Crippen LogP contribution >= 0.6 is 0 Å². The molecule has 0 radical (unpaired) electrons. The van der Waals surface area contributed by atoms with Crippen LogP contribution in [0.2, 0.25) is 0 Å². The first-order valence-electron chi connectivity index (χ1n) is 3.19. The quantitative estimate of drug-likeness (QED) is 0.616. The molecular formula is C7H7NO3. The number of hydrogen-bond donors (Lipinski definition) is 0. The lowest BCUT2D eigenvalue weighted by Crippen LogP contribution is -1.83. The first-order chi connectivity index (χ1) is 5.40. The molecule has 0 fully saturated rings. The zero-order valence-corrected chi connectivity index (χ0v) is 5.98. The van der Waals surface area contributed by atoms with E-state index < -0.39 is 0 Å². The van der Waals surface area contributed by atoms with Crippen LogP contribution < -0.4 is 4.74 Å². The summed E-state index contributed by atoms with van der Waals surface area (Å²) in [6.07, 6.45) is 0. The fraction of sp³-hybridized carbons (Fsp3) is 0.143. The topological polar surface area (TPSA) is 40.4 Å². The molecule has 2 aromatic rings. The molecule has 0 aliphatic heterocycles. The van der Waals surface area contributed by atoms with Gasteiger partial charge in [-0.05, 0) is 24.3 Å². The molecule has 0 aliphatic rings. The molecule has 0 atom stereocenters. The number of nitrogens with zero attached hydrogens (tertiary/aromatic N) is 1. The molecule has 0 saturated carbocycles. The highest BCUT2D eigenvalue weighted by atomic mass is 17.3. The molecule has 1 aromatic carbocycles. The normalized spacial score (nSPS) is 10.3. The number of methoxy groups -OCH3 is 1. The van der Waals surface area contributed by atoms with Crippen LogP contribution in [0.4, 0.5) is 0 Å². The fourth-order valence-electron chi connectivity index (χ4n) is 0.807. The van der Waals surface area contributed by atoms with Crippen LogP contribution in [-0.4, -0.2) is 12.0 Å². The molecule has 11 heavy (non-hydrogen) atoms. The van der Waals surface area contributed by atoms with Gasteiger partial charge in [-0.1, -0.05) is 0 Å². The number of rotatable bonds is 2. The summed E-state index contributed by atoms with van der Waals surface area (Å²) in [5, 5.41) is 0. The smallest absolute Gasteiger partial charge is 0.127 e. The van der Waals surface area contributed by atoms with Crippen molar-refractivity contribution in [2.24, 2.45) is 0 Å². The van der Waals surface area contributed by atoms with Crippen molar-refractivity contribution in [2.45, 2.75) is 0 Å². The monoisotopic (exact) mass is 153 g/mol. The van der Waals surface area contributed by atoms with Crippen molar-refractivity contribution in [2.75, 3.05) is 7.11 Å². The van der Waals surface area contributed by atoms with Gasteiger partial charge in [0.2, 0.25) is 0 Å². The average molecular weight is 153 g/mol. The van der Waals surface area contributed by atoms with E-state index in [0.29, 0.717) is 0 Å². The van der Waals surface area contributed by atoms with Crippen molar-refractivity contribution in [3.63, 3.8) is 0 Å². The Balaban J connectivity index is 2.29. The molecule has 58 valence electrons. The molecule has 0 aliphatic carbocycles. The third kappa shape index (κ3) is 1.14. The Bertz CT molecular complexity index is 305. The molecule has 4 nitrogen and oxygen atoms in total. The van der Waals surface area contributed by atoms with E-state index in [4.69, 9.17) is 4.74 Å². The SMILES string of the molecule is COc1ccc(-n2oo2)cc1. The van der Waals surface area contributed by atoms with E-state index in [1.165, 1.54) is 4.91 Å². The van der Waals surface area contributed by atoms with Gasteiger partial charge in [0.05, 0.1) is 12.0 Å². The summed E-state index contributed by atoms with van der Waals surface area (Å²) in [5.41, 5.74) is 0.853. The van der Waals surface area contributed by atoms with Gasteiger partial charge in [0.15, 0.2) is 0 Å². The van der Waals surface area contributed by atoms with E-state index >= 15 is 0 Å². The van der Waals surface area contributed by atoms with Crippen LogP contribution in [0.3, 0.4) is 0 Å². The third-order valence-electron chi connectivity index (χ3n) is 1.43. The van der Waals surface area contributed by atoms with Crippen molar-refractivity contribution < 1.29 is 14.1 Å². The molecule has 1 aromatic heterocycles. The maximum absolute atomic E-state index is 4.97. The Morgan fingerprint density at radius 2 is 1.82 bits per heavy atom. The van der Waals surface area contributed by atoms with Gasteiger partial charge in [-0.15, -0.1) is 9.36 Å². The predicted octanol–water partition coefficient (Wildman–Crippen LogP) is 1.67. The zero-order valence-electron chi connectivity index (χ0n) is 5.98. The first kappa shape index (κ1) is 6.15. The number of ether oxygens (including phenoxy) is 1. The van der Waals surface area contributed by atoms with Crippen LogP contribution in [-0.2, 0) is 0 Å². The minimum Gasteiger partial charge on any atom is -0.497 e. The van der Waals surface area contributed by atoms with E-state index in [9.17, 15) is 0 Å². The summed E-state index contributed by atoms with van der Waals surface area (Å²) in [6.45, 7) is 0. The highest BCUT2D eigenvalue weighted by molar-refractivity contribution is 5.34. The second kappa shape index (κ2) is 2.23. The molecule has 0 spiro atoms. The molecule has 2 rings (SSSR count). The van der Waals surface area contributed by atoms with Gasteiger partial charge in [-0.25, -0.2) is 0 Å². The van der Waals surface area contributed by atoms with Gasteiger partial charge < -0.3 is 4.74 Å². The average Bonchev–Trinajstić information content (AvgIpc) is 2.87. The Morgan fingerprint density at radius 3 is 2.27 bits per heavy atom. The van der Waals surface area contributed by atoms with Crippen LogP contribution in [0.5, 0.6) is 5.75 Å². The maximum Gasteiger partial charge on any atom is 0.127 e. The predicted molar refractivity (Wildman–Crippen MR) is 36.9 cm³/mol. The summed E-state index contributed by atoms with van der Waals surface area (Å²) >= 11 is 0. The molecule has 1 heterocycles. The first-order valence-corrected chi connectivity index (χ1v) is 3.19. The zero-order chi connectivity index (χ0) is 7.68. The molecule has 0 N–H and O–H groups in total. The van der Waals surface area contributed by atoms with Crippen LogP contribution in [0, 0.1) is 0 Å². The number of aromatic nitrogens is 1. The van der Waals surface area contributed by atoms with Crippen LogP contribution in [0.25, 0.3) is 5.69 Å². The minimum atomic E-state index is 0.815. The number of benzene rings is 1. The summed E-state index contributed by atoms with van der Waals surface area (Å²) in [5.74, 6) is 0.815. The fourth-order valence-corrected chi connectivity index (χ4v) is 0.807. The van der Waals surface area contributed by atoms with E-state index in [2.05, 4.69) is 9.36 Å². The van der Waals surface area contributed by atoms with Gasteiger partial charge >= 0.3 is 0 Å². The molecule has 0 saturated heterocycles. The molecule has 0 amide bonds. The Hall–Kier alpha value is -1.58. The van der Waals surface area contributed by atoms with Crippen LogP contribution in [0.15, 0.2) is 33.6 Å². The Kier molecular flexibility index (Phi) is 1.25. The molecule has 0 bridgehead atoms. The third-order valence-corrected chi connectivity index (χ3v) is 1.43. The van der Waals surface area contributed by atoms with E-state index in [1.807, 2.05) is 24.3 Å². The van der Waals surface area contributed by atoms with E-state index in [1.54, 1.807) is 7.11 Å². The second-order valence-electron chi connectivity index (χ2n) is 2.10. The standard InChI is InChI=1S/C7H7NO3/c1-9-7-4-2-6(3-5-7)8-10-11-8/h2-5H,1H3. The van der Waals surface area contributed by atoms with E-state index in [-0.39, 0.29) is 0 Å². The molecular weight excluding hydrogens is 146 g/mol. The second-order valence-corrected chi connectivity index (χ2v) is 2.10. The summed E-state index contributed by atoms with van der Waals surface area (Å²) < 4.78 is 13.9. The van der Waals surface area contributed by atoms with Crippen molar-refractivity contribution in [3.8, 4) is 11.4 Å². The molecule has 4 heteroatoms. The summed E-state index contributed by atoms with van der Waals surface area (Å²) in [7, 11) is 1.62. The highest BCUT2D eigenvalue weighted by Crippen LogP contribution is 2.16. The summed E-state index contributed by atoms with van der Waals surface area (Å²) in [4.78, 5) is 1.30. The highest BCUT2D eigenvalue weighted by Gasteiger charge is 2.04. The van der Waals surface area contributed by atoms with Crippen molar-refractivity contribution in [1.82, 2.24) is 4.91 Å². The number of hydrogen-bond acceptors (Lipinski definition) is 3. The van der Waals surface area contributed by atoms with E-state index in [0.717, 1.165) is 11.4 Å². The summed E-state index contributed by atoms with van der Waals surface area (Å²) in [6, 6.07) is 7.35. The van der Waals surface area contributed by atoms with Gasteiger partial charge in [0, 0.05) is 0 Å². The van der Waals surface area contributed by atoms with Crippen molar-refractivity contribution >= 4 is 0 Å². The van der Waals surface area contributed by atoms with Gasteiger partial charge in [0.25, 0.3) is 0 Å². The van der Waals surface area contributed by atoms with Gasteiger partial charge in [0.1, 0.15) is 11.4 Å².